The van der Waals surface area contributed by atoms with E-state index in [1.807, 2.05) is 13.8 Å². The Balaban J connectivity index is 2.89. The lowest BCUT2D eigenvalue weighted by Crippen LogP contribution is -2.41. The van der Waals surface area contributed by atoms with Crippen LogP contribution in [0.5, 0.6) is 0 Å². The molecule has 1 amide bonds. The van der Waals surface area contributed by atoms with Crippen molar-refractivity contribution >= 4 is 23.5 Å². The van der Waals surface area contributed by atoms with Crippen LogP contribution < -0.4 is 0 Å². The number of amides is 1. The van der Waals surface area contributed by atoms with E-state index in [1.165, 1.54) is 17.2 Å². The maximum absolute atomic E-state index is 12.1. The fraction of sp³-hybridized carbons (Fsp3) is 0.455. The topological polar surface area (TPSA) is 73.4 Å². The van der Waals surface area contributed by atoms with Gasteiger partial charge in [-0.15, -0.1) is 0 Å². The number of hydrogen-bond donors (Lipinski definition) is 2. The molecule has 0 spiro atoms. The van der Waals surface area contributed by atoms with Gasteiger partial charge in [0.05, 0.1) is 5.02 Å². The molecule has 0 saturated carbocycles. The number of carboxylic acids is 1. The van der Waals surface area contributed by atoms with Crippen LogP contribution in [0, 0.1) is 0 Å². The van der Waals surface area contributed by atoms with Crippen LogP contribution in [0.4, 0.5) is 0 Å². The molecule has 1 unspecified atom stereocenters. The Bertz CT molecular complexity index is 417. The van der Waals surface area contributed by atoms with Crippen molar-refractivity contribution in [1.29, 1.82) is 0 Å². The molecule has 0 aromatic carbocycles. The summed E-state index contributed by atoms with van der Waals surface area (Å²) in [5.74, 6) is -1.38. The monoisotopic (exact) mass is 258 g/mol. The molecular formula is C11H15ClN2O3. The van der Waals surface area contributed by atoms with E-state index in [4.69, 9.17) is 16.7 Å². The van der Waals surface area contributed by atoms with Crippen LogP contribution in [0.1, 0.15) is 30.8 Å². The molecule has 0 aliphatic carbocycles. The van der Waals surface area contributed by atoms with Gasteiger partial charge in [-0.25, -0.2) is 0 Å². The summed E-state index contributed by atoms with van der Waals surface area (Å²) in [5, 5.41) is 9.22. The molecule has 6 heteroatoms. The maximum Gasteiger partial charge on any atom is 0.323 e. The number of carbonyl (C=O) groups is 2. The summed E-state index contributed by atoms with van der Waals surface area (Å²) in [4.78, 5) is 26.8. The summed E-state index contributed by atoms with van der Waals surface area (Å²) in [7, 11) is 0. The highest BCUT2D eigenvalue weighted by molar-refractivity contribution is 6.30. The molecule has 0 saturated heterocycles. The van der Waals surface area contributed by atoms with E-state index in [2.05, 4.69) is 4.98 Å². The Hall–Kier alpha value is -1.49. The predicted molar refractivity (Wildman–Crippen MR) is 64.2 cm³/mol. The van der Waals surface area contributed by atoms with E-state index in [-0.39, 0.29) is 18.5 Å². The number of nitrogens with one attached hydrogen (secondary N) is 1. The summed E-state index contributed by atoms with van der Waals surface area (Å²) < 4.78 is 0. The standard InChI is InChI=1S/C11H15ClN2O3/c1-3-7(2)14(6-10(15)16)11(17)9-4-8(12)5-13-9/h4-5,7,13H,3,6H2,1-2H3,(H,15,16). The second-order valence-corrected chi connectivity index (χ2v) is 4.25. The normalized spacial score (nSPS) is 12.2. The molecule has 5 nitrogen and oxygen atoms in total. The number of halogens is 1. The Morgan fingerprint density at radius 3 is 2.65 bits per heavy atom. The Morgan fingerprint density at radius 2 is 2.24 bits per heavy atom. The molecule has 94 valence electrons. The summed E-state index contributed by atoms with van der Waals surface area (Å²) in [6, 6.07) is 1.35. The second kappa shape index (κ2) is 5.72. The molecule has 1 aromatic heterocycles. The number of carboxylic acid groups (broad SMARTS) is 1. The van der Waals surface area contributed by atoms with Gasteiger partial charge in [-0.2, -0.15) is 0 Å². The van der Waals surface area contributed by atoms with Crippen LogP contribution in [-0.4, -0.2) is 39.5 Å². The van der Waals surface area contributed by atoms with Crippen molar-refractivity contribution in [2.45, 2.75) is 26.3 Å². The van der Waals surface area contributed by atoms with Crippen LogP contribution >= 0.6 is 11.6 Å². The van der Waals surface area contributed by atoms with E-state index in [0.29, 0.717) is 17.1 Å². The molecule has 1 rings (SSSR count). The maximum atomic E-state index is 12.1. The predicted octanol–water partition coefficient (Wildman–Crippen LogP) is 1.99. The average Bonchev–Trinajstić information content (AvgIpc) is 2.70. The largest absolute Gasteiger partial charge is 0.480 e. The third kappa shape index (κ3) is 3.49. The van der Waals surface area contributed by atoms with Crippen molar-refractivity contribution in [3.8, 4) is 0 Å². The van der Waals surface area contributed by atoms with Gasteiger partial charge in [0.25, 0.3) is 5.91 Å². The summed E-state index contributed by atoms with van der Waals surface area (Å²) in [6.45, 7) is 3.39. The van der Waals surface area contributed by atoms with Crippen LogP contribution in [0.3, 0.4) is 0 Å². The zero-order valence-electron chi connectivity index (χ0n) is 9.74. The first-order chi connectivity index (χ1) is 7.95. The Kier molecular flexibility index (Phi) is 4.57. The van der Waals surface area contributed by atoms with Gasteiger partial charge >= 0.3 is 5.97 Å². The minimum Gasteiger partial charge on any atom is -0.480 e. The van der Waals surface area contributed by atoms with Gasteiger partial charge in [-0.05, 0) is 19.4 Å². The second-order valence-electron chi connectivity index (χ2n) is 3.82. The summed E-state index contributed by atoms with van der Waals surface area (Å²) in [6.07, 6.45) is 2.18. The quantitative estimate of drug-likeness (QED) is 0.848. The van der Waals surface area contributed by atoms with Crippen molar-refractivity contribution in [2.75, 3.05) is 6.54 Å². The van der Waals surface area contributed by atoms with Crippen LogP contribution in [0.25, 0.3) is 0 Å². The fourth-order valence-corrected chi connectivity index (χ4v) is 1.60. The number of H-pyrrole nitrogens is 1. The minimum atomic E-state index is -1.03. The van der Waals surface area contributed by atoms with Crippen molar-refractivity contribution in [2.24, 2.45) is 0 Å². The van der Waals surface area contributed by atoms with E-state index in [0.717, 1.165) is 0 Å². The third-order valence-electron chi connectivity index (χ3n) is 2.57. The summed E-state index contributed by atoms with van der Waals surface area (Å²) >= 11 is 5.71. The molecule has 0 aliphatic heterocycles. The Morgan fingerprint density at radius 1 is 1.59 bits per heavy atom. The van der Waals surface area contributed by atoms with Gasteiger partial charge < -0.3 is 15.0 Å². The van der Waals surface area contributed by atoms with E-state index in [9.17, 15) is 9.59 Å². The van der Waals surface area contributed by atoms with Gasteiger partial charge in [-0.3, -0.25) is 9.59 Å². The fourth-order valence-electron chi connectivity index (χ4n) is 1.44. The zero-order chi connectivity index (χ0) is 13.0. The van der Waals surface area contributed by atoms with Crippen LogP contribution in [-0.2, 0) is 4.79 Å². The average molecular weight is 259 g/mol. The molecule has 2 N–H and O–H groups in total. The van der Waals surface area contributed by atoms with Crippen molar-refractivity contribution in [3.05, 3.63) is 23.0 Å². The Labute approximate surface area is 104 Å². The minimum absolute atomic E-state index is 0.138. The van der Waals surface area contributed by atoms with E-state index < -0.39 is 5.97 Å². The SMILES string of the molecule is CCC(C)N(CC(=O)O)C(=O)c1cc(Cl)c[nH]1. The first-order valence-corrected chi connectivity index (χ1v) is 5.70. The molecule has 1 aromatic rings. The number of aromatic nitrogens is 1. The molecule has 0 radical (unpaired) electrons. The third-order valence-corrected chi connectivity index (χ3v) is 2.79. The van der Waals surface area contributed by atoms with E-state index >= 15 is 0 Å². The lowest BCUT2D eigenvalue weighted by atomic mass is 10.2. The van der Waals surface area contributed by atoms with Crippen molar-refractivity contribution < 1.29 is 14.7 Å². The van der Waals surface area contributed by atoms with Crippen LogP contribution in [0.15, 0.2) is 12.3 Å². The molecule has 0 bridgehead atoms. The molecule has 0 fully saturated rings. The van der Waals surface area contributed by atoms with Crippen LogP contribution in [0.2, 0.25) is 5.02 Å². The molecule has 17 heavy (non-hydrogen) atoms. The van der Waals surface area contributed by atoms with Gasteiger partial charge in [0.2, 0.25) is 0 Å². The summed E-state index contributed by atoms with van der Waals surface area (Å²) in [5.41, 5.74) is 0.302. The highest BCUT2D eigenvalue weighted by atomic mass is 35.5. The van der Waals surface area contributed by atoms with Gasteiger partial charge in [-0.1, -0.05) is 18.5 Å². The number of carbonyl (C=O) groups excluding carboxylic acids is 1. The molecule has 1 atom stereocenters. The first kappa shape index (κ1) is 13.6. The number of aliphatic carboxylic acids is 1. The number of hydrogen-bond acceptors (Lipinski definition) is 2. The van der Waals surface area contributed by atoms with Gasteiger partial charge in [0.1, 0.15) is 12.2 Å². The number of nitrogens with zero attached hydrogens (tertiary/aromatic N) is 1. The zero-order valence-corrected chi connectivity index (χ0v) is 10.5. The van der Waals surface area contributed by atoms with Crippen molar-refractivity contribution in [3.63, 3.8) is 0 Å². The van der Waals surface area contributed by atoms with Gasteiger partial charge in [0.15, 0.2) is 0 Å². The first-order valence-electron chi connectivity index (χ1n) is 5.32. The van der Waals surface area contributed by atoms with E-state index in [1.54, 1.807) is 0 Å². The lowest BCUT2D eigenvalue weighted by molar-refractivity contribution is -0.138. The lowest BCUT2D eigenvalue weighted by Gasteiger charge is -2.26. The molecular weight excluding hydrogens is 244 g/mol. The number of aromatic amines is 1. The molecule has 0 aliphatic rings. The highest BCUT2D eigenvalue weighted by Gasteiger charge is 2.23. The number of rotatable bonds is 5. The molecule has 1 heterocycles. The van der Waals surface area contributed by atoms with Gasteiger partial charge in [0, 0.05) is 12.2 Å². The van der Waals surface area contributed by atoms with Crippen molar-refractivity contribution in [1.82, 2.24) is 9.88 Å². The smallest absolute Gasteiger partial charge is 0.323 e. The highest BCUT2D eigenvalue weighted by Crippen LogP contribution is 2.14.